The predicted octanol–water partition coefficient (Wildman–Crippen LogP) is -0.532. The number of para-hydroxylation sites is 2. The van der Waals surface area contributed by atoms with Crippen LogP contribution in [-0.2, 0) is 16.1 Å². The lowest BCUT2D eigenvalue weighted by Crippen LogP contribution is -2.69. The van der Waals surface area contributed by atoms with Crippen molar-refractivity contribution in [2.24, 2.45) is 0 Å². The van der Waals surface area contributed by atoms with Crippen LogP contribution in [0.15, 0.2) is 33.5 Å². The van der Waals surface area contributed by atoms with Crippen LogP contribution in [0.2, 0.25) is 0 Å². The van der Waals surface area contributed by atoms with Crippen LogP contribution in [0, 0.1) is 0 Å². The first kappa shape index (κ1) is 18.6. The van der Waals surface area contributed by atoms with E-state index in [2.05, 4.69) is 10.6 Å². The van der Waals surface area contributed by atoms with Gasteiger partial charge in [0.05, 0.1) is 5.52 Å². The first-order valence-corrected chi connectivity index (χ1v) is 9.25. The molecule has 1 aromatic carbocycles. The highest BCUT2D eigenvalue weighted by molar-refractivity contribution is 5.82. The number of nitrogens with zero attached hydrogens (tertiary/aromatic N) is 3. The zero-order chi connectivity index (χ0) is 19.8. The fourth-order valence-electron chi connectivity index (χ4n) is 3.64. The topological polar surface area (TPSA) is 99.8 Å². The Labute approximate surface area is 160 Å². The Morgan fingerprint density at radius 3 is 2.64 bits per heavy atom. The summed E-state index contributed by atoms with van der Waals surface area (Å²) in [7, 11) is 0. The van der Waals surface area contributed by atoms with Crippen molar-refractivity contribution in [3.8, 4) is 0 Å². The second kappa shape index (κ2) is 7.36. The van der Waals surface area contributed by atoms with E-state index in [1.54, 1.807) is 36.1 Å². The number of amides is 2. The van der Waals surface area contributed by atoms with Crippen molar-refractivity contribution in [1.29, 1.82) is 0 Å². The molecule has 0 aliphatic carbocycles. The van der Waals surface area contributed by atoms with Gasteiger partial charge in [-0.15, -0.1) is 0 Å². The van der Waals surface area contributed by atoms with Gasteiger partial charge in [0, 0.05) is 32.2 Å². The molecular formula is C18H22FN5O4. The van der Waals surface area contributed by atoms with Gasteiger partial charge in [0.25, 0.3) is 5.91 Å². The Bertz CT molecular complexity index is 949. The molecule has 2 N–H and O–H groups in total. The second-order valence-electron chi connectivity index (χ2n) is 7.11. The molecule has 150 valence electrons. The van der Waals surface area contributed by atoms with Crippen molar-refractivity contribution in [3.05, 3.63) is 34.8 Å². The van der Waals surface area contributed by atoms with Gasteiger partial charge in [0.1, 0.15) is 12.8 Å². The molecule has 3 atom stereocenters. The maximum Gasteiger partial charge on any atom is 0.420 e. The van der Waals surface area contributed by atoms with Gasteiger partial charge in [-0.2, -0.15) is 0 Å². The number of oxazole rings is 1. The molecule has 2 aliphatic rings. The number of piperazine rings is 1. The average Bonchev–Trinajstić information content (AvgIpc) is 3.01. The summed E-state index contributed by atoms with van der Waals surface area (Å²) in [5, 5.41) is 5.65. The third-order valence-electron chi connectivity index (χ3n) is 5.29. The maximum atomic E-state index is 13.6. The summed E-state index contributed by atoms with van der Waals surface area (Å²) in [4.78, 5) is 40.0. The molecule has 0 radical (unpaired) electrons. The molecule has 4 rings (SSSR count). The van der Waals surface area contributed by atoms with Gasteiger partial charge in [-0.3, -0.25) is 24.4 Å². The molecule has 2 aromatic rings. The number of hydrogen-bond acceptors (Lipinski definition) is 6. The molecule has 1 aromatic heterocycles. The molecule has 0 saturated carbocycles. The van der Waals surface area contributed by atoms with E-state index in [-0.39, 0.29) is 12.5 Å². The van der Waals surface area contributed by atoms with Crippen molar-refractivity contribution in [2.75, 3.05) is 26.2 Å². The van der Waals surface area contributed by atoms with Crippen molar-refractivity contribution >= 4 is 22.9 Å². The number of aromatic nitrogens is 1. The molecular weight excluding hydrogens is 369 g/mol. The van der Waals surface area contributed by atoms with Gasteiger partial charge >= 0.3 is 5.76 Å². The number of carbonyl (C=O) groups excluding carboxylic acids is 2. The van der Waals surface area contributed by atoms with Crippen LogP contribution in [0.1, 0.15) is 6.92 Å². The van der Waals surface area contributed by atoms with Crippen LogP contribution in [0.25, 0.3) is 11.1 Å². The Hall–Kier alpha value is -2.72. The number of hydrogen-bond donors (Lipinski definition) is 2. The Kier molecular flexibility index (Phi) is 4.90. The van der Waals surface area contributed by atoms with Crippen LogP contribution < -0.4 is 16.4 Å². The Balaban J connectivity index is 1.37. The van der Waals surface area contributed by atoms with Crippen LogP contribution in [0.5, 0.6) is 0 Å². The third-order valence-corrected chi connectivity index (χ3v) is 5.29. The first-order valence-electron chi connectivity index (χ1n) is 9.25. The van der Waals surface area contributed by atoms with Crippen LogP contribution in [0.4, 0.5) is 4.39 Å². The number of nitrogens with one attached hydrogen (secondary N) is 2. The van der Waals surface area contributed by atoms with Crippen LogP contribution in [0.3, 0.4) is 0 Å². The minimum absolute atomic E-state index is 0.0885. The van der Waals surface area contributed by atoms with Gasteiger partial charge < -0.3 is 14.6 Å². The first-order chi connectivity index (χ1) is 13.4. The Morgan fingerprint density at radius 1 is 1.21 bits per heavy atom. The summed E-state index contributed by atoms with van der Waals surface area (Å²) >= 11 is 0. The molecule has 9 nitrogen and oxygen atoms in total. The molecule has 3 unspecified atom stereocenters. The number of rotatable bonds is 3. The van der Waals surface area contributed by atoms with Gasteiger partial charge in [-0.1, -0.05) is 12.1 Å². The third kappa shape index (κ3) is 3.40. The highest BCUT2D eigenvalue weighted by Crippen LogP contribution is 2.14. The number of benzene rings is 1. The normalized spacial score (nSPS) is 26.4. The molecule has 3 heterocycles. The lowest BCUT2D eigenvalue weighted by molar-refractivity contribution is -0.138. The number of alkyl halides is 1. The van der Waals surface area contributed by atoms with Crippen LogP contribution >= 0.6 is 0 Å². The standard InChI is InChI=1S/C18H22FN5O4/c1-11-15(19)16(26)21-17(20-11)23-8-6-22(7-9-23)14(25)10-24-12-4-2-3-5-13(12)28-18(24)27/h2-5,11,15,17,20H,6-10H2,1H3,(H,21,26). The number of halogens is 1. The average molecular weight is 391 g/mol. The summed E-state index contributed by atoms with van der Waals surface area (Å²) < 4.78 is 20.1. The molecule has 0 spiro atoms. The molecule has 2 saturated heterocycles. The predicted molar refractivity (Wildman–Crippen MR) is 98.1 cm³/mol. The molecule has 2 amide bonds. The van der Waals surface area contributed by atoms with E-state index < -0.39 is 30.2 Å². The minimum atomic E-state index is -1.57. The van der Waals surface area contributed by atoms with Gasteiger partial charge in [-0.05, 0) is 19.1 Å². The van der Waals surface area contributed by atoms with E-state index in [1.807, 2.05) is 4.90 Å². The summed E-state index contributed by atoms with van der Waals surface area (Å²) in [6.45, 7) is 3.48. The van der Waals surface area contributed by atoms with E-state index in [4.69, 9.17) is 4.42 Å². The van der Waals surface area contributed by atoms with Gasteiger partial charge in [0.15, 0.2) is 11.8 Å². The zero-order valence-corrected chi connectivity index (χ0v) is 15.4. The highest BCUT2D eigenvalue weighted by Gasteiger charge is 2.37. The largest absolute Gasteiger partial charge is 0.420 e. The summed E-state index contributed by atoms with van der Waals surface area (Å²) in [6, 6.07) is 6.40. The van der Waals surface area contributed by atoms with Crippen molar-refractivity contribution < 1.29 is 18.4 Å². The van der Waals surface area contributed by atoms with E-state index in [9.17, 15) is 18.8 Å². The summed E-state index contributed by atoms with van der Waals surface area (Å²) in [5.74, 6) is -1.36. The molecule has 2 fully saturated rings. The SMILES string of the molecule is CC1NC(N2CCN(C(=O)Cn3c(=O)oc4ccccc43)CC2)NC(=O)C1F. The van der Waals surface area contributed by atoms with Crippen LogP contribution in [-0.4, -0.2) is 70.9 Å². The lowest BCUT2D eigenvalue weighted by atomic mass is 10.1. The molecule has 0 bridgehead atoms. The van der Waals surface area contributed by atoms with Gasteiger partial charge in [0.2, 0.25) is 5.91 Å². The molecule has 2 aliphatic heterocycles. The fourth-order valence-corrected chi connectivity index (χ4v) is 3.64. The van der Waals surface area contributed by atoms with E-state index in [1.165, 1.54) is 4.57 Å². The van der Waals surface area contributed by atoms with Crippen molar-refractivity contribution in [2.45, 2.75) is 32.0 Å². The number of carbonyl (C=O) groups is 2. The van der Waals surface area contributed by atoms with Gasteiger partial charge in [-0.25, -0.2) is 9.18 Å². The monoisotopic (exact) mass is 391 g/mol. The minimum Gasteiger partial charge on any atom is -0.408 e. The Morgan fingerprint density at radius 2 is 1.93 bits per heavy atom. The quantitative estimate of drug-likeness (QED) is 0.730. The second-order valence-corrected chi connectivity index (χ2v) is 7.11. The molecule has 28 heavy (non-hydrogen) atoms. The summed E-state index contributed by atoms with van der Waals surface area (Å²) in [6.07, 6.45) is -2.02. The smallest absolute Gasteiger partial charge is 0.408 e. The lowest BCUT2D eigenvalue weighted by Gasteiger charge is -2.43. The zero-order valence-electron chi connectivity index (χ0n) is 15.4. The maximum absolute atomic E-state index is 13.6. The van der Waals surface area contributed by atoms with E-state index in [0.717, 1.165) is 0 Å². The van der Waals surface area contributed by atoms with E-state index in [0.29, 0.717) is 37.3 Å². The fraction of sp³-hybridized carbons (Fsp3) is 0.500. The van der Waals surface area contributed by atoms with Crippen molar-refractivity contribution in [3.63, 3.8) is 0 Å². The van der Waals surface area contributed by atoms with E-state index >= 15 is 0 Å². The van der Waals surface area contributed by atoms with Crippen molar-refractivity contribution in [1.82, 2.24) is 25.0 Å². The highest BCUT2D eigenvalue weighted by atomic mass is 19.1. The number of fused-ring (bicyclic) bond motifs is 1. The molecule has 10 heteroatoms. The summed E-state index contributed by atoms with van der Waals surface area (Å²) in [5.41, 5.74) is 1.04.